The van der Waals surface area contributed by atoms with Crippen molar-refractivity contribution in [2.45, 2.75) is 6.04 Å². The summed E-state index contributed by atoms with van der Waals surface area (Å²) in [5, 5.41) is 5.05. The highest BCUT2D eigenvalue weighted by Crippen LogP contribution is 2.36. The van der Waals surface area contributed by atoms with Crippen LogP contribution >= 0.6 is 11.3 Å². The summed E-state index contributed by atoms with van der Waals surface area (Å²) in [6, 6.07) is 6.40. The highest BCUT2D eigenvalue weighted by molar-refractivity contribution is 7.19. The number of methoxy groups -OCH3 is 1. The first-order valence-electron chi connectivity index (χ1n) is 6.35. The topological polar surface area (TPSA) is 65.1 Å². The highest BCUT2D eigenvalue weighted by atomic mass is 32.1. The van der Waals surface area contributed by atoms with Crippen LogP contribution in [0.1, 0.15) is 16.6 Å². The average molecular weight is 306 g/mol. The molecule has 7 heteroatoms. The third-order valence-electron chi connectivity index (χ3n) is 3.39. The molecule has 2 heterocycles. The van der Waals surface area contributed by atoms with Gasteiger partial charge in [0.25, 0.3) is 0 Å². The van der Waals surface area contributed by atoms with Crippen LogP contribution in [0.25, 0.3) is 10.1 Å². The lowest BCUT2D eigenvalue weighted by Gasteiger charge is -2.16. The van der Waals surface area contributed by atoms with Crippen molar-refractivity contribution in [1.29, 1.82) is 0 Å². The van der Waals surface area contributed by atoms with Crippen LogP contribution < -0.4 is 16.0 Å². The molecule has 5 nitrogen and oxygen atoms in total. The van der Waals surface area contributed by atoms with E-state index in [1.165, 1.54) is 12.1 Å². The molecule has 21 heavy (non-hydrogen) atoms. The fourth-order valence-electron chi connectivity index (χ4n) is 2.39. The third-order valence-corrected chi connectivity index (χ3v) is 4.57. The number of benzene rings is 1. The number of thiophene rings is 1. The zero-order valence-electron chi connectivity index (χ0n) is 11.6. The van der Waals surface area contributed by atoms with Gasteiger partial charge < -0.3 is 4.74 Å². The number of nitrogens with zero attached hydrogens (tertiary/aromatic N) is 2. The molecule has 3 rings (SSSR count). The number of rotatable bonds is 4. The number of aryl methyl sites for hydroxylation is 1. The van der Waals surface area contributed by atoms with Gasteiger partial charge in [-0.2, -0.15) is 5.10 Å². The first-order valence-corrected chi connectivity index (χ1v) is 7.16. The monoisotopic (exact) mass is 306 g/mol. The van der Waals surface area contributed by atoms with Crippen LogP contribution in [-0.4, -0.2) is 16.9 Å². The number of nitrogens with two attached hydrogens (primary N) is 1. The van der Waals surface area contributed by atoms with Crippen LogP contribution in [0.2, 0.25) is 0 Å². The number of ether oxygens (including phenoxy) is 1. The van der Waals surface area contributed by atoms with Gasteiger partial charge in [-0.3, -0.25) is 10.5 Å². The smallest absolute Gasteiger partial charge is 0.162 e. The van der Waals surface area contributed by atoms with Crippen LogP contribution in [0.5, 0.6) is 5.75 Å². The van der Waals surface area contributed by atoms with E-state index in [4.69, 9.17) is 10.6 Å². The maximum atomic E-state index is 13.3. The van der Waals surface area contributed by atoms with Crippen molar-refractivity contribution < 1.29 is 9.13 Å². The van der Waals surface area contributed by atoms with Crippen molar-refractivity contribution in [2.24, 2.45) is 12.9 Å². The summed E-state index contributed by atoms with van der Waals surface area (Å²) in [7, 11) is 3.42. The normalized spacial score (nSPS) is 12.8. The molecule has 0 spiro atoms. The van der Waals surface area contributed by atoms with Crippen LogP contribution in [0, 0.1) is 5.82 Å². The number of aromatic nitrogens is 2. The second-order valence-corrected chi connectivity index (χ2v) is 5.77. The van der Waals surface area contributed by atoms with Gasteiger partial charge in [-0.1, -0.05) is 0 Å². The predicted molar refractivity (Wildman–Crippen MR) is 80.7 cm³/mol. The van der Waals surface area contributed by atoms with E-state index in [1.807, 2.05) is 13.1 Å². The molecule has 0 amide bonds. The van der Waals surface area contributed by atoms with E-state index in [-0.39, 0.29) is 11.9 Å². The van der Waals surface area contributed by atoms with Crippen LogP contribution in [0.4, 0.5) is 4.39 Å². The number of fused-ring (bicyclic) bond motifs is 1. The van der Waals surface area contributed by atoms with Gasteiger partial charge >= 0.3 is 0 Å². The summed E-state index contributed by atoms with van der Waals surface area (Å²) in [4.78, 5) is 0.972. The Bertz CT molecular complexity index is 782. The quantitative estimate of drug-likeness (QED) is 0.573. The Kier molecular flexibility index (Phi) is 3.62. The first kappa shape index (κ1) is 14.0. The number of hydrogen-bond donors (Lipinski definition) is 2. The van der Waals surface area contributed by atoms with Crippen LogP contribution in [-0.2, 0) is 7.05 Å². The van der Waals surface area contributed by atoms with Gasteiger partial charge in [0, 0.05) is 16.6 Å². The van der Waals surface area contributed by atoms with Crippen molar-refractivity contribution in [3.8, 4) is 5.75 Å². The Hall–Kier alpha value is -1.96. The molecule has 0 aliphatic rings. The third kappa shape index (κ3) is 2.39. The van der Waals surface area contributed by atoms with Crippen molar-refractivity contribution in [1.82, 2.24) is 15.2 Å². The van der Waals surface area contributed by atoms with Gasteiger partial charge in [-0.15, -0.1) is 11.3 Å². The minimum atomic E-state index is -0.270. The Labute approximate surface area is 125 Å². The summed E-state index contributed by atoms with van der Waals surface area (Å²) in [6.45, 7) is 0. The molecular weight excluding hydrogens is 291 g/mol. The Morgan fingerprint density at radius 2 is 2.24 bits per heavy atom. The van der Waals surface area contributed by atoms with E-state index in [2.05, 4.69) is 10.5 Å². The fraction of sp³-hybridized carbons (Fsp3) is 0.214. The van der Waals surface area contributed by atoms with E-state index >= 15 is 0 Å². The molecule has 3 aromatic rings. The summed E-state index contributed by atoms with van der Waals surface area (Å²) in [6.07, 6.45) is 1.65. The molecule has 0 fully saturated rings. The van der Waals surface area contributed by atoms with Gasteiger partial charge in [0.1, 0.15) is 17.6 Å². The molecule has 0 aliphatic heterocycles. The highest BCUT2D eigenvalue weighted by Gasteiger charge is 2.23. The molecular formula is C14H15FN4OS. The van der Waals surface area contributed by atoms with Gasteiger partial charge in [0.2, 0.25) is 0 Å². The second kappa shape index (κ2) is 5.44. The van der Waals surface area contributed by atoms with Crippen molar-refractivity contribution in [3.05, 3.63) is 46.9 Å². The van der Waals surface area contributed by atoms with Crippen LogP contribution in [0.3, 0.4) is 0 Å². The number of hydrazine groups is 1. The summed E-state index contributed by atoms with van der Waals surface area (Å²) in [5.74, 6) is 6.13. The lowest BCUT2D eigenvalue weighted by atomic mass is 10.1. The van der Waals surface area contributed by atoms with Gasteiger partial charge in [-0.25, -0.2) is 9.82 Å². The summed E-state index contributed by atoms with van der Waals surface area (Å²) >= 11 is 1.56. The largest absolute Gasteiger partial charge is 0.493 e. The van der Waals surface area contributed by atoms with Crippen LogP contribution in [0.15, 0.2) is 30.5 Å². The lowest BCUT2D eigenvalue weighted by Crippen LogP contribution is -2.30. The molecule has 1 unspecified atom stereocenters. The molecule has 3 N–H and O–H groups in total. The predicted octanol–water partition coefficient (Wildman–Crippen LogP) is 2.34. The standard InChI is InChI=1S/C14H15FN4OS/c1-19-14(10(20-2)7-17-19)13(18-16)12-6-8-5-9(15)3-4-11(8)21-12/h3-7,13,18H,16H2,1-2H3. The molecule has 0 bridgehead atoms. The van der Waals surface area contributed by atoms with Gasteiger partial charge in [0.05, 0.1) is 13.3 Å². The number of hydrogen-bond acceptors (Lipinski definition) is 5. The SMILES string of the molecule is COc1cnn(C)c1C(NN)c1cc2cc(F)ccc2s1. The van der Waals surface area contributed by atoms with Gasteiger partial charge in [0.15, 0.2) is 5.75 Å². The zero-order chi connectivity index (χ0) is 15.0. The lowest BCUT2D eigenvalue weighted by molar-refractivity contribution is 0.401. The zero-order valence-corrected chi connectivity index (χ0v) is 12.4. The average Bonchev–Trinajstić information content (AvgIpc) is 3.04. The molecule has 2 aromatic heterocycles. The Morgan fingerprint density at radius 3 is 2.95 bits per heavy atom. The molecule has 110 valence electrons. The van der Waals surface area contributed by atoms with Gasteiger partial charge in [-0.05, 0) is 29.7 Å². The molecule has 0 radical (unpaired) electrons. The maximum Gasteiger partial charge on any atom is 0.162 e. The number of halogens is 1. The van der Waals surface area contributed by atoms with E-state index in [0.29, 0.717) is 5.75 Å². The fourth-order valence-corrected chi connectivity index (χ4v) is 3.50. The number of nitrogens with one attached hydrogen (secondary N) is 1. The molecule has 1 atom stereocenters. The van der Waals surface area contributed by atoms with E-state index in [1.54, 1.807) is 35.4 Å². The molecule has 0 saturated carbocycles. The molecule has 0 aliphatic carbocycles. The van der Waals surface area contributed by atoms with Crippen molar-refractivity contribution in [3.63, 3.8) is 0 Å². The summed E-state index contributed by atoms with van der Waals surface area (Å²) < 4.78 is 21.4. The Balaban J connectivity index is 2.11. The first-order chi connectivity index (χ1) is 10.1. The van der Waals surface area contributed by atoms with E-state index < -0.39 is 0 Å². The van der Waals surface area contributed by atoms with E-state index in [0.717, 1.165) is 20.7 Å². The molecule has 1 aromatic carbocycles. The second-order valence-electron chi connectivity index (χ2n) is 4.65. The molecule has 0 saturated heterocycles. The minimum absolute atomic E-state index is 0.248. The van der Waals surface area contributed by atoms with Crippen molar-refractivity contribution in [2.75, 3.05) is 7.11 Å². The van der Waals surface area contributed by atoms with E-state index in [9.17, 15) is 4.39 Å². The minimum Gasteiger partial charge on any atom is -0.493 e. The maximum absolute atomic E-state index is 13.3. The van der Waals surface area contributed by atoms with Crippen molar-refractivity contribution >= 4 is 21.4 Å². The summed E-state index contributed by atoms with van der Waals surface area (Å²) in [5.41, 5.74) is 3.61. The Morgan fingerprint density at radius 1 is 1.43 bits per heavy atom.